The van der Waals surface area contributed by atoms with Crippen LogP contribution >= 0.6 is 11.3 Å². The molecule has 0 saturated carbocycles. The van der Waals surface area contributed by atoms with Gasteiger partial charge >= 0.3 is 0 Å². The number of carbonyl (C=O) groups excluding carboxylic acids is 1. The second kappa shape index (κ2) is 6.83. The van der Waals surface area contributed by atoms with Gasteiger partial charge in [0.2, 0.25) is 0 Å². The molecular formula is C16H20N2O2S. The molecule has 0 spiro atoms. The average molecular weight is 304 g/mol. The van der Waals surface area contributed by atoms with E-state index in [1.165, 1.54) is 0 Å². The van der Waals surface area contributed by atoms with Gasteiger partial charge in [-0.3, -0.25) is 4.79 Å². The van der Waals surface area contributed by atoms with Gasteiger partial charge in [-0.25, -0.2) is 4.98 Å². The molecule has 21 heavy (non-hydrogen) atoms. The summed E-state index contributed by atoms with van der Waals surface area (Å²) in [5, 5.41) is 0.963. The van der Waals surface area contributed by atoms with Crippen molar-refractivity contribution >= 4 is 27.5 Å². The van der Waals surface area contributed by atoms with Crippen molar-refractivity contribution in [3.63, 3.8) is 0 Å². The van der Waals surface area contributed by atoms with Crippen molar-refractivity contribution in [2.24, 2.45) is 0 Å². The molecule has 112 valence electrons. The van der Waals surface area contributed by atoms with E-state index in [0.29, 0.717) is 18.7 Å². The van der Waals surface area contributed by atoms with Crippen LogP contribution in [0.5, 0.6) is 0 Å². The molecule has 0 aliphatic heterocycles. The van der Waals surface area contributed by atoms with Crippen LogP contribution in [0, 0.1) is 6.92 Å². The first-order valence-corrected chi connectivity index (χ1v) is 7.67. The molecule has 2 rings (SSSR count). The van der Waals surface area contributed by atoms with Crippen molar-refractivity contribution in [3.05, 3.63) is 41.4 Å². The molecule has 0 bridgehead atoms. The van der Waals surface area contributed by atoms with Gasteiger partial charge in [0.05, 0.1) is 33.4 Å². The normalized spacial score (nSPS) is 12.3. The van der Waals surface area contributed by atoms with E-state index in [9.17, 15) is 4.79 Å². The van der Waals surface area contributed by atoms with Gasteiger partial charge < -0.3 is 9.64 Å². The van der Waals surface area contributed by atoms with Crippen molar-refractivity contribution in [2.45, 2.75) is 19.9 Å². The minimum absolute atomic E-state index is 0.00583. The lowest BCUT2D eigenvalue weighted by Gasteiger charge is -2.28. The summed E-state index contributed by atoms with van der Waals surface area (Å²) in [6.45, 7) is 8.66. The standard InChI is InChI=1S/C16H20N2O2S/c1-5-9-18(11(2)10-20-4)16(19)13-7-6-8-14-15(13)21-12(3)17-14/h5-8,11H,1,9-10H2,2-4H3. The summed E-state index contributed by atoms with van der Waals surface area (Å²) in [5.41, 5.74) is 1.57. The lowest BCUT2D eigenvalue weighted by molar-refractivity contribution is 0.0598. The third kappa shape index (κ3) is 3.31. The fraction of sp³-hybridized carbons (Fsp3) is 0.375. The number of methoxy groups -OCH3 is 1. The average Bonchev–Trinajstić information content (AvgIpc) is 2.84. The Labute approximate surface area is 129 Å². The molecule has 0 aliphatic rings. The van der Waals surface area contributed by atoms with E-state index < -0.39 is 0 Å². The molecule has 2 aromatic rings. The van der Waals surface area contributed by atoms with Gasteiger partial charge in [-0.05, 0) is 26.0 Å². The second-order valence-corrected chi connectivity index (χ2v) is 6.14. The van der Waals surface area contributed by atoms with E-state index in [1.54, 1.807) is 29.4 Å². The highest BCUT2D eigenvalue weighted by Gasteiger charge is 2.22. The highest BCUT2D eigenvalue weighted by Crippen LogP contribution is 2.26. The Kier molecular flexibility index (Phi) is 5.09. The third-order valence-electron chi connectivity index (χ3n) is 3.28. The number of hydrogen-bond acceptors (Lipinski definition) is 4. The Morgan fingerprint density at radius 3 is 3.00 bits per heavy atom. The number of hydrogen-bond donors (Lipinski definition) is 0. The maximum atomic E-state index is 12.9. The largest absolute Gasteiger partial charge is 0.383 e. The number of thiazole rings is 1. The SMILES string of the molecule is C=CCN(C(=O)c1cccc2nc(C)sc12)C(C)COC. The monoisotopic (exact) mass is 304 g/mol. The van der Waals surface area contributed by atoms with Crippen LogP contribution in [0.3, 0.4) is 0 Å². The Hall–Kier alpha value is -1.72. The predicted molar refractivity (Wildman–Crippen MR) is 86.9 cm³/mol. The topological polar surface area (TPSA) is 42.4 Å². The van der Waals surface area contributed by atoms with Crippen LogP contribution < -0.4 is 0 Å². The van der Waals surface area contributed by atoms with Gasteiger partial charge in [-0.15, -0.1) is 17.9 Å². The fourth-order valence-corrected chi connectivity index (χ4v) is 3.24. The Morgan fingerprint density at radius 2 is 2.33 bits per heavy atom. The van der Waals surface area contributed by atoms with Crippen molar-refractivity contribution in [1.82, 2.24) is 9.88 Å². The number of aryl methyl sites for hydroxylation is 1. The molecule has 1 atom stereocenters. The van der Waals surface area contributed by atoms with Gasteiger partial charge in [-0.2, -0.15) is 0 Å². The van der Waals surface area contributed by atoms with Crippen molar-refractivity contribution in [1.29, 1.82) is 0 Å². The van der Waals surface area contributed by atoms with Gasteiger partial charge in [0, 0.05) is 13.7 Å². The number of ether oxygens (including phenoxy) is 1. The van der Waals surface area contributed by atoms with E-state index >= 15 is 0 Å². The fourth-order valence-electron chi connectivity index (χ4n) is 2.32. The van der Waals surface area contributed by atoms with Crippen molar-refractivity contribution in [2.75, 3.05) is 20.3 Å². The number of fused-ring (bicyclic) bond motifs is 1. The van der Waals surface area contributed by atoms with E-state index in [-0.39, 0.29) is 11.9 Å². The minimum Gasteiger partial charge on any atom is -0.383 e. The Morgan fingerprint density at radius 1 is 1.57 bits per heavy atom. The molecule has 0 fully saturated rings. The maximum Gasteiger partial charge on any atom is 0.255 e. The summed E-state index contributed by atoms with van der Waals surface area (Å²) in [6.07, 6.45) is 1.74. The molecule has 1 heterocycles. The highest BCUT2D eigenvalue weighted by molar-refractivity contribution is 7.18. The highest BCUT2D eigenvalue weighted by atomic mass is 32.1. The van der Waals surface area contributed by atoms with E-state index in [4.69, 9.17) is 4.74 Å². The Balaban J connectivity index is 2.40. The molecule has 0 saturated heterocycles. The molecule has 1 aromatic heterocycles. The quantitative estimate of drug-likeness (QED) is 0.769. The lowest BCUT2D eigenvalue weighted by atomic mass is 10.1. The molecule has 4 nitrogen and oxygen atoms in total. The number of carbonyl (C=O) groups is 1. The smallest absolute Gasteiger partial charge is 0.255 e. The van der Waals surface area contributed by atoms with Gasteiger partial charge in [-0.1, -0.05) is 12.1 Å². The Bertz CT molecular complexity index is 651. The molecule has 5 heteroatoms. The van der Waals surface area contributed by atoms with Crippen LogP contribution in [0.1, 0.15) is 22.3 Å². The first-order chi connectivity index (χ1) is 10.1. The van der Waals surface area contributed by atoms with E-state index in [2.05, 4.69) is 11.6 Å². The number of nitrogens with zero attached hydrogens (tertiary/aromatic N) is 2. The number of rotatable bonds is 6. The zero-order chi connectivity index (χ0) is 15.4. The first-order valence-electron chi connectivity index (χ1n) is 6.85. The maximum absolute atomic E-state index is 12.9. The van der Waals surface area contributed by atoms with Crippen molar-refractivity contribution < 1.29 is 9.53 Å². The summed E-state index contributed by atoms with van der Waals surface area (Å²) in [5.74, 6) is -0.00583. The zero-order valence-corrected chi connectivity index (χ0v) is 13.4. The summed E-state index contributed by atoms with van der Waals surface area (Å²) in [7, 11) is 1.64. The summed E-state index contributed by atoms with van der Waals surface area (Å²) in [6, 6.07) is 5.66. The molecule has 0 aliphatic carbocycles. The van der Waals surface area contributed by atoms with Crippen molar-refractivity contribution in [3.8, 4) is 0 Å². The summed E-state index contributed by atoms with van der Waals surface area (Å²) < 4.78 is 6.11. The van der Waals surface area contributed by atoms with Crippen LogP contribution in [0.4, 0.5) is 0 Å². The molecule has 0 radical (unpaired) electrons. The molecular weight excluding hydrogens is 284 g/mol. The van der Waals surface area contributed by atoms with Crippen LogP contribution in [0.25, 0.3) is 10.2 Å². The molecule has 1 amide bonds. The molecule has 1 unspecified atom stereocenters. The predicted octanol–water partition coefficient (Wildman–Crippen LogP) is 3.27. The van der Waals surface area contributed by atoms with Gasteiger partial charge in [0.1, 0.15) is 0 Å². The minimum atomic E-state index is -0.00947. The van der Waals surface area contributed by atoms with Crippen LogP contribution in [0.2, 0.25) is 0 Å². The summed E-state index contributed by atoms with van der Waals surface area (Å²) >= 11 is 1.55. The number of benzene rings is 1. The summed E-state index contributed by atoms with van der Waals surface area (Å²) in [4.78, 5) is 19.1. The zero-order valence-electron chi connectivity index (χ0n) is 12.6. The number of amides is 1. The van der Waals surface area contributed by atoms with Crippen LogP contribution in [0.15, 0.2) is 30.9 Å². The van der Waals surface area contributed by atoms with Gasteiger partial charge in [0.25, 0.3) is 5.91 Å². The number of aromatic nitrogens is 1. The third-order valence-corrected chi connectivity index (χ3v) is 4.30. The van der Waals surface area contributed by atoms with Gasteiger partial charge in [0.15, 0.2) is 0 Å². The molecule has 1 aromatic carbocycles. The first kappa shape index (κ1) is 15.7. The van der Waals surface area contributed by atoms with Crippen LogP contribution in [-0.2, 0) is 4.74 Å². The van der Waals surface area contributed by atoms with E-state index in [1.807, 2.05) is 32.0 Å². The van der Waals surface area contributed by atoms with Crippen LogP contribution in [-0.4, -0.2) is 42.1 Å². The van der Waals surface area contributed by atoms with E-state index in [0.717, 1.165) is 15.2 Å². The second-order valence-electron chi connectivity index (χ2n) is 4.94. The lowest BCUT2D eigenvalue weighted by Crippen LogP contribution is -2.41. The molecule has 0 N–H and O–H groups in total.